The largest absolute Gasteiger partial charge is 0.0622 e. The summed E-state index contributed by atoms with van der Waals surface area (Å²) in [4.78, 5) is 0. The Hall–Kier alpha value is -0.780. The highest BCUT2D eigenvalue weighted by Gasteiger charge is 2.17. The molecular formula is C13H18. The van der Waals surface area contributed by atoms with Crippen LogP contribution in [0.5, 0.6) is 0 Å². The molecule has 0 amide bonds. The minimum atomic E-state index is 0.882. The molecule has 0 saturated carbocycles. The maximum absolute atomic E-state index is 2.37. The van der Waals surface area contributed by atoms with Crippen LogP contribution in [0.15, 0.2) is 12.1 Å². The number of hydrogen-bond acceptors (Lipinski definition) is 0. The normalized spacial score (nSPS) is 21.3. The molecule has 1 aliphatic carbocycles. The molecule has 0 aromatic heterocycles. The van der Waals surface area contributed by atoms with Crippen LogP contribution >= 0.6 is 0 Å². The van der Waals surface area contributed by atoms with Gasteiger partial charge in [-0.05, 0) is 61.3 Å². The molecule has 0 N–H and O–H groups in total. The predicted octanol–water partition coefficient (Wildman–Crippen LogP) is 3.43. The second-order valence-corrected chi connectivity index (χ2v) is 4.50. The van der Waals surface area contributed by atoms with Crippen LogP contribution in [0.4, 0.5) is 0 Å². The molecule has 0 radical (unpaired) electrons. The zero-order chi connectivity index (χ0) is 9.42. The first kappa shape index (κ1) is 8.80. The van der Waals surface area contributed by atoms with Gasteiger partial charge in [-0.25, -0.2) is 0 Å². The van der Waals surface area contributed by atoms with E-state index in [0.717, 1.165) is 5.92 Å². The first-order chi connectivity index (χ1) is 6.18. The van der Waals surface area contributed by atoms with Gasteiger partial charge in [0.15, 0.2) is 0 Å². The summed E-state index contributed by atoms with van der Waals surface area (Å²) in [7, 11) is 0. The highest BCUT2D eigenvalue weighted by Crippen LogP contribution is 2.29. The van der Waals surface area contributed by atoms with E-state index in [2.05, 4.69) is 32.9 Å². The van der Waals surface area contributed by atoms with E-state index < -0.39 is 0 Å². The molecule has 0 saturated heterocycles. The average Bonchev–Trinajstić information content (AvgIpc) is 2.12. The van der Waals surface area contributed by atoms with Crippen LogP contribution in [0.3, 0.4) is 0 Å². The van der Waals surface area contributed by atoms with Crippen molar-refractivity contribution in [1.29, 1.82) is 0 Å². The van der Waals surface area contributed by atoms with Gasteiger partial charge >= 0.3 is 0 Å². The lowest BCUT2D eigenvalue weighted by Crippen LogP contribution is -2.13. The number of aryl methyl sites for hydroxylation is 2. The van der Waals surface area contributed by atoms with E-state index in [1.165, 1.54) is 30.4 Å². The summed E-state index contributed by atoms with van der Waals surface area (Å²) in [6.07, 6.45) is 3.96. The van der Waals surface area contributed by atoms with Crippen LogP contribution in [-0.2, 0) is 12.8 Å². The third-order valence-corrected chi connectivity index (χ3v) is 3.34. The average molecular weight is 174 g/mol. The summed E-state index contributed by atoms with van der Waals surface area (Å²) in [5, 5.41) is 0. The van der Waals surface area contributed by atoms with E-state index in [9.17, 15) is 0 Å². The van der Waals surface area contributed by atoms with Crippen LogP contribution in [0.2, 0.25) is 0 Å². The van der Waals surface area contributed by atoms with Crippen molar-refractivity contribution in [3.05, 3.63) is 34.4 Å². The lowest BCUT2D eigenvalue weighted by molar-refractivity contribution is 0.498. The van der Waals surface area contributed by atoms with Crippen molar-refractivity contribution in [2.75, 3.05) is 0 Å². The van der Waals surface area contributed by atoms with Gasteiger partial charge in [0.1, 0.15) is 0 Å². The van der Waals surface area contributed by atoms with E-state index in [1.807, 2.05) is 0 Å². The van der Waals surface area contributed by atoms with E-state index in [0.29, 0.717) is 0 Å². The maximum atomic E-state index is 2.37. The summed E-state index contributed by atoms with van der Waals surface area (Å²) in [5.41, 5.74) is 6.26. The highest BCUT2D eigenvalue weighted by atomic mass is 14.2. The molecule has 0 bridgehead atoms. The van der Waals surface area contributed by atoms with Crippen molar-refractivity contribution in [1.82, 2.24) is 0 Å². The molecule has 0 fully saturated rings. The summed E-state index contributed by atoms with van der Waals surface area (Å²) in [5.74, 6) is 0.882. The van der Waals surface area contributed by atoms with E-state index in [1.54, 1.807) is 11.1 Å². The van der Waals surface area contributed by atoms with Crippen molar-refractivity contribution < 1.29 is 0 Å². The van der Waals surface area contributed by atoms with Crippen molar-refractivity contribution in [3.63, 3.8) is 0 Å². The van der Waals surface area contributed by atoms with E-state index in [-0.39, 0.29) is 0 Å². The Labute approximate surface area is 81.0 Å². The summed E-state index contributed by atoms with van der Waals surface area (Å²) in [6, 6.07) is 4.54. The summed E-state index contributed by atoms with van der Waals surface area (Å²) < 4.78 is 0. The van der Waals surface area contributed by atoms with Crippen molar-refractivity contribution in [3.8, 4) is 0 Å². The van der Waals surface area contributed by atoms with Gasteiger partial charge in [-0.15, -0.1) is 0 Å². The molecule has 0 nitrogen and oxygen atoms in total. The van der Waals surface area contributed by atoms with Gasteiger partial charge in [0.25, 0.3) is 0 Å². The molecule has 1 atom stereocenters. The van der Waals surface area contributed by atoms with Crippen molar-refractivity contribution >= 4 is 0 Å². The topological polar surface area (TPSA) is 0 Å². The van der Waals surface area contributed by atoms with Gasteiger partial charge in [-0.3, -0.25) is 0 Å². The van der Waals surface area contributed by atoms with E-state index in [4.69, 9.17) is 0 Å². The lowest BCUT2D eigenvalue weighted by Gasteiger charge is -2.24. The first-order valence-electron chi connectivity index (χ1n) is 5.26. The molecular weight excluding hydrogens is 156 g/mol. The smallest absolute Gasteiger partial charge is 0.0247 e. The maximum Gasteiger partial charge on any atom is -0.0247 e. The minimum absolute atomic E-state index is 0.882. The molecule has 1 aromatic carbocycles. The lowest BCUT2D eigenvalue weighted by atomic mass is 9.81. The highest BCUT2D eigenvalue weighted by molar-refractivity contribution is 5.41. The van der Waals surface area contributed by atoms with Gasteiger partial charge in [0.05, 0.1) is 0 Å². The predicted molar refractivity (Wildman–Crippen MR) is 57.1 cm³/mol. The summed E-state index contributed by atoms with van der Waals surface area (Å²) >= 11 is 0. The third-order valence-electron chi connectivity index (χ3n) is 3.34. The van der Waals surface area contributed by atoms with Gasteiger partial charge < -0.3 is 0 Å². The molecule has 70 valence electrons. The molecule has 1 unspecified atom stereocenters. The van der Waals surface area contributed by atoms with Crippen LogP contribution in [0.1, 0.15) is 35.6 Å². The van der Waals surface area contributed by atoms with Crippen LogP contribution in [0.25, 0.3) is 0 Å². The first-order valence-corrected chi connectivity index (χ1v) is 5.26. The fourth-order valence-electron chi connectivity index (χ4n) is 2.40. The fourth-order valence-corrected chi connectivity index (χ4v) is 2.40. The van der Waals surface area contributed by atoms with E-state index >= 15 is 0 Å². The Balaban J connectivity index is 2.51. The second kappa shape index (κ2) is 3.17. The minimum Gasteiger partial charge on any atom is -0.0622 e. The van der Waals surface area contributed by atoms with Gasteiger partial charge in [-0.2, -0.15) is 0 Å². The van der Waals surface area contributed by atoms with Gasteiger partial charge in [0.2, 0.25) is 0 Å². The molecule has 1 aliphatic rings. The van der Waals surface area contributed by atoms with Crippen LogP contribution in [-0.4, -0.2) is 0 Å². The third kappa shape index (κ3) is 1.50. The van der Waals surface area contributed by atoms with Crippen molar-refractivity contribution in [2.24, 2.45) is 5.92 Å². The Morgan fingerprint density at radius 1 is 1.08 bits per heavy atom. The number of rotatable bonds is 0. The molecule has 13 heavy (non-hydrogen) atoms. The molecule has 0 spiro atoms. The quantitative estimate of drug-likeness (QED) is 0.565. The number of fused-ring (bicyclic) bond motifs is 1. The molecule has 0 aliphatic heterocycles. The Kier molecular flexibility index (Phi) is 2.15. The van der Waals surface area contributed by atoms with Gasteiger partial charge in [-0.1, -0.05) is 19.1 Å². The Bertz CT molecular complexity index is 323. The van der Waals surface area contributed by atoms with Crippen molar-refractivity contribution in [2.45, 2.75) is 40.0 Å². The van der Waals surface area contributed by atoms with Crippen LogP contribution in [0, 0.1) is 19.8 Å². The second-order valence-electron chi connectivity index (χ2n) is 4.50. The summed E-state index contributed by atoms with van der Waals surface area (Å²) in [6.45, 7) is 6.86. The van der Waals surface area contributed by atoms with Crippen LogP contribution < -0.4 is 0 Å². The monoisotopic (exact) mass is 174 g/mol. The fraction of sp³-hybridized carbons (Fsp3) is 0.538. The Morgan fingerprint density at radius 3 is 2.38 bits per heavy atom. The number of benzene rings is 1. The SMILES string of the molecule is Cc1ccc(C)c2c1CCC(C)C2. The molecule has 0 heterocycles. The Morgan fingerprint density at radius 2 is 1.69 bits per heavy atom. The molecule has 0 heteroatoms. The standard InChI is InChI=1S/C13H18/c1-9-4-7-12-10(2)5-6-11(3)13(12)8-9/h5-6,9H,4,7-8H2,1-3H3. The molecule has 1 aromatic rings. The molecule has 2 rings (SSSR count). The van der Waals surface area contributed by atoms with Gasteiger partial charge in [0, 0.05) is 0 Å². The number of hydrogen-bond donors (Lipinski definition) is 0. The zero-order valence-electron chi connectivity index (χ0n) is 8.85. The zero-order valence-corrected chi connectivity index (χ0v) is 8.85.